The first-order chi connectivity index (χ1) is 11.2. The van der Waals surface area contributed by atoms with Crippen LogP contribution >= 0.6 is 0 Å². The van der Waals surface area contributed by atoms with E-state index in [1.807, 2.05) is 19.9 Å². The summed E-state index contributed by atoms with van der Waals surface area (Å²) >= 11 is 0. The predicted octanol–water partition coefficient (Wildman–Crippen LogP) is 6.14. The van der Waals surface area contributed by atoms with Crippen molar-refractivity contribution in [3.05, 3.63) is 47.5 Å². The van der Waals surface area contributed by atoms with E-state index in [1.165, 1.54) is 5.56 Å². The predicted molar refractivity (Wildman–Crippen MR) is 102 cm³/mol. The maximum atomic E-state index is 10.0. The summed E-state index contributed by atoms with van der Waals surface area (Å²) < 4.78 is 0. The van der Waals surface area contributed by atoms with Crippen molar-refractivity contribution in [3.63, 3.8) is 0 Å². The van der Waals surface area contributed by atoms with Crippen LogP contribution in [0.5, 0.6) is 11.5 Å². The van der Waals surface area contributed by atoms with Crippen LogP contribution in [0.3, 0.4) is 0 Å². The fraction of sp³-hybridized carbons (Fsp3) is 0.455. The minimum absolute atomic E-state index is 0.0378. The first kappa shape index (κ1) is 18.4. The molecule has 0 unspecified atom stereocenters. The van der Waals surface area contributed by atoms with Crippen molar-refractivity contribution in [1.82, 2.24) is 0 Å². The van der Waals surface area contributed by atoms with E-state index in [4.69, 9.17) is 0 Å². The molecule has 0 fully saturated rings. The van der Waals surface area contributed by atoms with Crippen LogP contribution in [0.25, 0.3) is 11.1 Å². The smallest absolute Gasteiger partial charge is 0.158 e. The molecule has 1 aliphatic carbocycles. The zero-order valence-electron chi connectivity index (χ0n) is 15.8. The van der Waals surface area contributed by atoms with Crippen molar-refractivity contribution in [3.8, 4) is 22.6 Å². The van der Waals surface area contributed by atoms with Gasteiger partial charge in [-0.1, -0.05) is 65.8 Å². The molecule has 0 heterocycles. The lowest BCUT2D eigenvalue weighted by Gasteiger charge is -2.38. The van der Waals surface area contributed by atoms with Gasteiger partial charge in [0.05, 0.1) is 0 Å². The highest BCUT2D eigenvalue weighted by Crippen LogP contribution is 2.48. The average molecular weight is 326 g/mol. The molecule has 0 aliphatic heterocycles. The van der Waals surface area contributed by atoms with E-state index < -0.39 is 0 Å². The van der Waals surface area contributed by atoms with Crippen LogP contribution in [0.15, 0.2) is 36.4 Å². The van der Waals surface area contributed by atoms with Crippen LogP contribution in [0.2, 0.25) is 0 Å². The Hall–Kier alpha value is -1.96. The Morgan fingerprint density at radius 3 is 1.83 bits per heavy atom. The first-order valence-electron chi connectivity index (χ1n) is 8.89. The van der Waals surface area contributed by atoms with Crippen molar-refractivity contribution >= 4 is 0 Å². The molecule has 3 rings (SSSR count). The Bertz CT molecular complexity index is 727. The molecule has 0 spiro atoms. The van der Waals surface area contributed by atoms with Crippen LogP contribution in [0.1, 0.15) is 65.5 Å². The molecule has 130 valence electrons. The highest BCUT2D eigenvalue weighted by Gasteiger charge is 2.34. The molecule has 1 aliphatic rings. The van der Waals surface area contributed by atoms with Crippen LogP contribution in [-0.2, 0) is 10.8 Å². The van der Waals surface area contributed by atoms with Crippen molar-refractivity contribution in [2.45, 2.75) is 65.2 Å². The third kappa shape index (κ3) is 3.15. The minimum atomic E-state index is -0.0530. The first-order valence-corrected chi connectivity index (χ1v) is 8.89. The SMILES string of the molecule is CC.CC1(C)CCC(C)(C)c2cc(O)c(O)cc2-c2ccccc21. The van der Waals surface area contributed by atoms with E-state index in [0.717, 1.165) is 29.5 Å². The van der Waals surface area contributed by atoms with E-state index in [0.29, 0.717) is 0 Å². The van der Waals surface area contributed by atoms with E-state index in [1.54, 1.807) is 12.1 Å². The summed E-state index contributed by atoms with van der Waals surface area (Å²) in [4.78, 5) is 0. The number of phenolic OH excluding ortho intramolecular Hbond substituents is 2. The molecule has 2 aromatic carbocycles. The normalized spacial score (nSPS) is 17.4. The Balaban J connectivity index is 0.00000100. The lowest BCUT2D eigenvalue weighted by atomic mass is 9.66. The third-order valence-corrected chi connectivity index (χ3v) is 5.17. The lowest BCUT2D eigenvalue weighted by molar-refractivity contribution is 0.366. The molecule has 0 radical (unpaired) electrons. The topological polar surface area (TPSA) is 40.5 Å². The van der Waals surface area contributed by atoms with Crippen molar-refractivity contribution in [2.75, 3.05) is 0 Å². The maximum Gasteiger partial charge on any atom is 0.158 e. The quantitative estimate of drug-likeness (QED) is 0.571. The van der Waals surface area contributed by atoms with E-state index in [2.05, 4.69) is 45.9 Å². The summed E-state index contributed by atoms with van der Waals surface area (Å²) in [7, 11) is 0. The van der Waals surface area contributed by atoms with Gasteiger partial charge in [-0.25, -0.2) is 0 Å². The Morgan fingerprint density at radius 1 is 0.708 bits per heavy atom. The minimum Gasteiger partial charge on any atom is -0.504 e. The second-order valence-corrected chi connectivity index (χ2v) is 7.70. The maximum absolute atomic E-state index is 10.0. The monoisotopic (exact) mass is 326 g/mol. The third-order valence-electron chi connectivity index (χ3n) is 5.17. The van der Waals surface area contributed by atoms with Gasteiger partial charge in [0, 0.05) is 0 Å². The van der Waals surface area contributed by atoms with Gasteiger partial charge < -0.3 is 10.2 Å². The average Bonchev–Trinajstić information content (AvgIpc) is 2.56. The summed E-state index contributed by atoms with van der Waals surface area (Å²) in [5.74, 6) is -0.0909. The zero-order chi connectivity index (χ0) is 18.1. The number of hydrogen-bond acceptors (Lipinski definition) is 2. The molecular formula is C22H30O2. The van der Waals surface area contributed by atoms with Gasteiger partial charge in [0.1, 0.15) is 0 Å². The second kappa shape index (κ2) is 6.51. The molecule has 2 nitrogen and oxygen atoms in total. The number of hydrogen-bond donors (Lipinski definition) is 2. The lowest BCUT2D eigenvalue weighted by Crippen LogP contribution is -2.28. The fourth-order valence-electron chi connectivity index (χ4n) is 3.56. The summed E-state index contributed by atoms with van der Waals surface area (Å²) in [6, 6.07) is 11.9. The molecule has 2 N–H and O–H groups in total. The van der Waals surface area contributed by atoms with E-state index in [-0.39, 0.29) is 22.3 Å². The van der Waals surface area contributed by atoms with Crippen molar-refractivity contribution in [2.24, 2.45) is 0 Å². The van der Waals surface area contributed by atoms with Gasteiger partial charge >= 0.3 is 0 Å². The van der Waals surface area contributed by atoms with Gasteiger partial charge in [0.25, 0.3) is 0 Å². The van der Waals surface area contributed by atoms with E-state index >= 15 is 0 Å². The molecule has 2 heteroatoms. The number of phenols is 2. The molecule has 2 aromatic rings. The Labute approximate surface area is 146 Å². The molecule has 0 bridgehead atoms. The summed E-state index contributed by atoms with van der Waals surface area (Å²) in [6.07, 6.45) is 2.11. The van der Waals surface area contributed by atoms with Crippen LogP contribution in [-0.4, -0.2) is 10.2 Å². The van der Waals surface area contributed by atoms with Crippen LogP contribution in [0, 0.1) is 0 Å². The highest BCUT2D eigenvalue weighted by atomic mass is 16.3. The molecule has 0 amide bonds. The Kier molecular flexibility index (Phi) is 4.98. The Morgan fingerprint density at radius 2 is 1.21 bits per heavy atom. The van der Waals surface area contributed by atoms with Gasteiger partial charge in [0.15, 0.2) is 11.5 Å². The fourth-order valence-corrected chi connectivity index (χ4v) is 3.56. The number of fused-ring (bicyclic) bond motifs is 3. The van der Waals surface area contributed by atoms with Gasteiger partial charge in [0.2, 0.25) is 0 Å². The summed E-state index contributed by atoms with van der Waals surface area (Å²) in [5.41, 5.74) is 4.63. The largest absolute Gasteiger partial charge is 0.504 e. The van der Waals surface area contributed by atoms with Crippen molar-refractivity contribution < 1.29 is 10.2 Å². The molecule has 0 aromatic heterocycles. The van der Waals surface area contributed by atoms with Gasteiger partial charge in [-0.2, -0.15) is 0 Å². The highest BCUT2D eigenvalue weighted by molar-refractivity contribution is 5.76. The number of aromatic hydroxyl groups is 2. The van der Waals surface area contributed by atoms with E-state index in [9.17, 15) is 10.2 Å². The van der Waals surface area contributed by atoms with Gasteiger partial charge in [-0.05, 0) is 58.1 Å². The number of rotatable bonds is 0. The van der Waals surface area contributed by atoms with Gasteiger partial charge in [-0.3, -0.25) is 0 Å². The molecule has 0 atom stereocenters. The van der Waals surface area contributed by atoms with Crippen LogP contribution in [0.4, 0.5) is 0 Å². The molecule has 0 saturated carbocycles. The zero-order valence-corrected chi connectivity index (χ0v) is 15.8. The molecule has 0 saturated heterocycles. The second-order valence-electron chi connectivity index (χ2n) is 7.70. The molecular weight excluding hydrogens is 296 g/mol. The summed E-state index contributed by atoms with van der Waals surface area (Å²) in [5, 5.41) is 20.0. The summed E-state index contributed by atoms with van der Waals surface area (Å²) in [6.45, 7) is 13.0. The standard InChI is InChI=1S/C20H24O2.C2H6/c1-19(2)9-10-20(3,4)16-12-18(22)17(21)11-14(16)13-7-5-6-8-15(13)19;1-2/h5-8,11-12,21-22H,9-10H2,1-4H3;1-2H3. The van der Waals surface area contributed by atoms with Gasteiger partial charge in [-0.15, -0.1) is 0 Å². The van der Waals surface area contributed by atoms with Crippen LogP contribution < -0.4 is 0 Å². The number of benzene rings is 2. The molecule has 24 heavy (non-hydrogen) atoms. The van der Waals surface area contributed by atoms with Crippen molar-refractivity contribution in [1.29, 1.82) is 0 Å².